The van der Waals surface area contributed by atoms with E-state index in [2.05, 4.69) is 15.7 Å². The SMILES string of the molecule is CC1(C)CC(NC(=O)c2nc(NN)ccc2Cl)CCO1. The summed E-state index contributed by atoms with van der Waals surface area (Å²) in [7, 11) is 0. The highest BCUT2D eigenvalue weighted by Crippen LogP contribution is 2.24. The van der Waals surface area contributed by atoms with Crippen LogP contribution in [-0.2, 0) is 4.74 Å². The van der Waals surface area contributed by atoms with Gasteiger partial charge in [0.2, 0.25) is 0 Å². The first-order chi connectivity index (χ1) is 9.41. The van der Waals surface area contributed by atoms with Crippen molar-refractivity contribution in [1.29, 1.82) is 0 Å². The highest BCUT2D eigenvalue weighted by molar-refractivity contribution is 6.33. The fraction of sp³-hybridized carbons (Fsp3) is 0.538. The van der Waals surface area contributed by atoms with E-state index in [-0.39, 0.29) is 23.2 Å². The van der Waals surface area contributed by atoms with Gasteiger partial charge >= 0.3 is 0 Å². The summed E-state index contributed by atoms with van der Waals surface area (Å²) >= 11 is 6.01. The molecule has 1 atom stereocenters. The minimum Gasteiger partial charge on any atom is -0.375 e. The maximum Gasteiger partial charge on any atom is 0.271 e. The molecule has 6 nitrogen and oxygen atoms in total. The van der Waals surface area contributed by atoms with Crippen LogP contribution in [0.15, 0.2) is 12.1 Å². The quantitative estimate of drug-likeness (QED) is 0.584. The summed E-state index contributed by atoms with van der Waals surface area (Å²) in [5.74, 6) is 5.38. The first-order valence-corrected chi connectivity index (χ1v) is 6.87. The molecule has 0 saturated carbocycles. The Morgan fingerprint density at radius 1 is 1.55 bits per heavy atom. The van der Waals surface area contributed by atoms with Crippen LogP contribution in [0.3, 0.4) is 0 Å². The summed E-state index contributed by atoms with van der Waals surface area (Å²) in [6.45, 7) is 4.65. The van der Waals surface area contributed by atoms with Gasteiger partial charge in [0, 0.05) is 12.6 Å². The third kappa shape index (κ3) is 3.59. The number of nitrogens with two attached hydrogens (primary N) is 1. The number of ether oxygens (including phenoxy) is 1. The van der Waals surface area contributed by atoms with Gasteiger partial charge in [0.15, 0.2) is 0 Å². The van der Waals surface area contributed by atoms with E-state index in [0.717, 1.165) is 12.8 Å². The highest BCUT2D eigenvalue weighted by atomic mass is 35.5. The minimum absolute atomic E-state index is 0.0543. The van der Waals surface area contributed by atoms with E-state index in [1.165, 1.54) is 0 Å². The first-order valence-electron chi connectivity index (χ1n) is 6.49. The summed E-state index contributed by atoms with van der Waals surface area (Å²) < 4.78 is 5.62. The van der Waals surface area contributed by atoms with E-state index in [9.17, 15) is 4.79 Å². The molecule has 2 rings (SSSR count). The Hall–Kier alpha value is -1.37. The number of hydrogen-bond donors (Lipinski definition) is 3. The summed E-state index contributed by atoms with van der Waals surface area (Å²) in [4.78, 5) is 16.3. The summed E-state index contributed by atoms with van der Waals surface area (Å²) in [5, 5.41) is 3.25. The molecule has 4 N–H and O–H groups in total. The van der Waals surface area contributed by atoms with Gasteiger partial charge in [-0.3, -0.25) is 4.79 Å². The van der Waals surface area contributed by atoms with Crippen LogP contribution in [0.4, 0.5) is 5.82 Å². The van der Waals surface area contributed by atoms with E-state index in [4.69, 9.17) is 22.2 Å². The van der Waals surface area contributed by atoms with Crippen LogP contribution in [0.25, 0.3) is 0 Å². The van der Waals surface area contributed by atoms with Gasteiger partial charge in [-0.2, -0.15) is 0 Å². The Labute approximate surface area is 123 Å². The van der Waals surface area contributed by atoms with Gasteiger partial charge in [0.05, 0.1) is 10.6 Å². The van der Waals surface area contributed by atoms with Crippen LogP contribution in [0.1, 0.15) is 37.2 Å². The third-order valence-electron chi connectivity index (χ3n) is 3.24. The maximum absolute atomic E-state index is 12.2. The van der Waals surface area contributed by atoms with Crippen LogP contribution < -0.4 is 16.6 Å². The lowest BCUT2D eigenvalue weighted by Gasteiger charge is -2.35. The molecule has 1 saturated heterocycles. The Morgan fingerprint density at radius 2 is 2.30 bits per heavy atom. The van der Waals surface area contributed by atoms with Crippen molar-refractivity contribution in [3.8, 4) is 0 Å². The largest absolute Gasteiger partial charge is 0.375 e. The zero-order valence-electron chi connectivity index (χ0n) is 11.6. The fourth-order valence-electron chi connectivity index (χ4n) is 2.29. The number of hydrazine groups is 1. The third-order valence-corrected chi connectivity index (χ3v) is 3.55. The van der Waals surface area contributed by atoms with Crippen LogP contribution >= 0.6 is 11.6 Å². The average Bonchev–Trinajstić information content (AvgIpc) is 2.38. The number of anilines is 1. The topological polar surface area (TPSA) is 89.3 Å². The zero-order valence-corrected chi connectivity index (χ0v) is 12.3. The molecule has 1 amide bonds. The van der Waals surface area contributed by atoms with Crippen molar-refractivity contribution in [3.05, 3.63) is 22.8 Å². The summed E-state index contributed by atoms with van der Waals surface area (Å²) in [5.41, 5.74) is 2.34. The van der Waals surface area contributed by atoms with Gasteiger partial charge in [0.25, 0.3) is 5.91 Å². The molecule has 1 unspecified atom stereocenters. The van der Waals surface area contributed by atoms with Crippen molar-refractivity contribution in [3.63, 3.8) is 0 Å². The molecule has 1 aliphatic heterocycles. The van der Waals surface area contributed by atoms with Gasteiger partial charge in [-0.05, 0) is 38.8 Å². The second-order valence-electron chi connectivity index (χ2n) is 5.44. The molecule has 0 spiro atoms. The van der Waals surface area contributed by atoms with Crippen molar-refractivity contribution in [1.82, 2.24) is 10.3 Å². The fourth-order valence-corrected chi connectivity index (χ4v) is 2.48. The van der Waals surface area contributed by atoms with Crippen LogP contribution in [0.2, 0.25) is 5.02 Å². The normalized spacial score (nSPS) is 21.3. The predicted octanol–water partition coefficient (Wildman–Crippen LogP) is 1.71. The minimum atomic E-state index is -0.296. The van der Waals surface area contributed by atoms with E-state index in [1.807, 2.05) is 13.8 Å². The molecule has 0 radical (unpaired) electrons. The van der Waals surface area contributed by atoms with E-state index >= 15 is 0 Å². The lowest BCUT2D eigenvalue weighted by atomic mass is 9.94. The molecule has 0 aliphatic carbocycles. The number of carbonyl (C=O) groups is 1. The smallest absolute Gasteiger partial charge is 0.271 e. The molecule has 110 valence electrons. The number of pyridine rings is 1. The monoisotopic (exact) mass is 298 g/mol. The lowest BCUT2D eigenvalue weighted by molar-refractivity contribution is -0.0615. The predicted molar refractivity (Wildman–Crippen MR) is 77.6 cm³/mol. The molecule has 7 heteroatoms. The van der Waals surface area contributed by atoms with E-state index in [0.29, 0.717) is 17.4 Å². The molecule has 20 heavy (non-hydrogen) atoms. The van der Waals surface area contributed by atoms with Crippen LogP contribution in [0, 0.1) is 0 Å². The highest BCUT2D eigenvalue weighted by Gasteiger charge is 2.30. The maximum atomic E-state index is 12.2. The van der Waals surface area contributed by atoms with Gasteiger partial charge < -0.3 is 15.5 Å². The molecule has 0 aromatic carbocycles. The molecule has 1 aliphatic rings. The molecule has 1 aromatic rings. The molecular weight excluding hydrogens is 280 g/mol. The second-order valence-corrected chi connectivity index (χ2v) is 5.85. The second kappa shape index (κ2) is 5.95. The lowest BCUT2D eigenvalue weighted by Crippen LogP contribution is -2.46. The van der Waals surface area contributed by atoms with Gasteiger partial charge in [0.1, 0.15) is 11.5 Å². The summed E-state index contributed by atoms with van der Waals surface area (Å²) in [6, 6.07) is 3.25. The van der Waals surface area contributed by atoms with E-state index < -0.39 is 0 Å². The molecule has 1 fully saturated rings. The number of nitrogens with one attached hydrogen (secondary N) is 2. The molecule has 1 aromatic heterocycles. The number of halogens is 1. The molecule has 2 heterocycles. The van der Waals surface area contributed by atoms with Gasteiger partial charge in [-0.1, -0.05) is 11.6 Å². The number of amides is 1. The number of aromatic nitrogens is 1. The summed E-state index contributed by atoms with van der Waals surface area (Å²) in [6.07, 6.45) is 1.53. The van der Waals surface area contributed by atoms with Crippen molar-refractivity contribution in [2.45, 2.75) is 38.3 Å². The van der Waals surface area contributed by atoms with Gasteiger partial charge in [-0.25, -0.2) is 10.8 Å². The molecule has 0 bridgehead atoms. The zero-order chi connectivity index (χ0) is 14.8. The van der Waals surface area contributed by atoms with Crippen molar-refractivity contribution in [2.75, 3.05) is 12.0 Å². The average molecular weight is 299 g/mol. The Morgan fingerprint density at radius 3 is 2.95 bits per heavy atom. The number of hydrogen-bond acceptors (Lipinski definition) is 5. The Kier molecular flexibility index (Phi) is 4.47. The first kappa shape index (κ1) is 15.0. The van der Waals surface area contributed by atoms with Crippen molar-refractivity contribution >= 4 is 23.3 Å². The number of nitrogen functional groups attached to an aromatic ring is 1. The Balaban J connectivity index is 2.08. The number of nitrogens with zero attached hydrogens (tertiary/aromatic N) is 1. The number of rotatable bonds is 3. The van der Waals surface area contributed by atoms with Crippen molar-refractivity contribution < 1.29 is 9.53 Å². The standard InChI is InChI=1S/C13H19ClN4O2/c1-13(2)7-8(5-6-20-13)16-12(19)11-9(14)3-4-10(17-11)18-15/h3-4,8H,5-7,15H2,1-2H3,(H,16,19)(H,17,18). The van der Waals surface area contributed by atoms with E-state index in [1.54, 1.807) is 12.1 Å². The van der Waals surface area contributed by atoms with Gasteiger partial charge in [-0.15, -0.1) is 0 Å². The molecular formula is C13H19ClN4O2. The van der Waals surface area contributed by atoms with Crippen LogP contribution in [-0.4, -0.2) is 29.1 Å². The van der Waals surface area contributed by atoms with Crippen LogP contribution in [0.5, 0.6) is 0 Å². The van der Waals surface area contributed by atoms with Crippen molar-refractivity contribution in [2.24, 2.45) is 5.84 Å². The number of carbonyl (C=O) groups excluding carboxylic acids is 1. The Bertz CT molecular complexity index is 507.